The zero-order valence-corrected chi connectivity index (χ0v) is 16.6. The second-order valence-corrected chi connectivity index (χ2v) is 7.38. The van der Waals surface area contributed by atoms with Gasteiger partial charge in [-0.1, -0.05) is 32.9 Å². The van der Waals surface area contributed by atoms with Crippen LogP contribution in [0.4, 0.5) is 0 Å². The van der Waals surface area contributed by atoms with Crippen molar-refractivity contribution in [3.05, 3.63) is 58.7 Å². The van der Waals surface area contributed by atoms with Gasteiger partial charge in [0.25, 0.3) is 0 Å². The molecule has 0 amide bonds. The lowest BCUT2D eigenvalue weighted by Crippen LogP contribution is -2.21. The molecule has 0 atom stereocenters. The Bertz CT molecular complexity index is 848. The summed E-state index contributed by atoms with van der Waals surface area (Å²) < 4.78 is 11.6. The van der Waals surface area contributed by atoms with Gasteiger partial charge in [0.05, 0.1) is 13.3 Å². The number of methoxy groups -OCH3 is 1. The Labute approximate surface area is 160 Å². The van der Waals surface area contributed by atoms with Crippen LogP contribution in [0.3, 0.4) is 0 Å². The minimum Gasteiger partial charge on any atom is -0.496 e. The fourth-order valence-electron chi connectivity index (χ4n) is 2.68. The Hall–Kier alpha value is -3.02. The average molecular weight is 368 g/mol. The molecule has 0 aliphatic carbocycles. The number of guanidine groups is 1. The second-order valence-electron chi connectivity index (χ2n) is 7.38. The lowest BCUT2D eigenvalue weighted by Gasteiger charge is -2.23. The minimum atomic E-state index is -0.0857. The van der Waals surface area contributed by atoms with Crippen LogP contribution >= 0.6 is 0 Å². The SMILES string of the molecule is COc1ccc(C=NN=C(N)N)cc1COc1cc(C)ccc1C(C)(C)C. The zero-order valence-electron chi connectivity index (χ0n) is 16.6. The molecule has 2 rings (SSSR count). The molecule has 0 saturated heterocycles. The van der Waals surface area contributed by atoms with Gasteiger partial charge in [0.2, 0.25) is 5.96 Å². The minimum absolute atomic E-state index is 0.0121. The van der Waals surface area contributed by atoms with E-state index in [0.717, 1.165) is 33.8 Å². The van der Waals surface area contributed by atoms with Gasteiger partial charge >= 0.3 is 0 Å². The van der Waals surface area contributed by atoms with Crippen LogP contribution in [0, 0.1) is 6.92 Å². The molecule has 0 spiro atoms. The van der Waals surface area contributed by atoms with Gasteiger partial charge in [-0.3, -0.25) is 0 Å². The molecule has 0 bridgehead atoms. The first kappa shape index (κ1) is 20.3. The Kier molecular flexibility index (Phi) is 6.45. The standard InChI is InChI=1S/C21H28N4O2/c1-14-6-8-17(21(2,3)4)19(10-14)27-13-16-11-15(7-9-18(16)26-5)12-24-25-20(22)23/h6-12H,13H2,1-5H3,(H4,22,23,25). The first-order chi connectivity index (χ1) is 12.7. The summed E-state index contributed by atoms with van der Waals surface area (Å²) in [5.74, 6) is 1.54. The molecule has 0 aromatic heterocycles. The van der Waals surface area contributed by atoms with Gasteiger partial charge in [-0.15, -0.1) is 5.10 Å². The van der Waals surface area contributed by atoms with E-state index < -0.39 is 0 Å². The molecule has 0 saturated carbocycles. The second kappa shape index (κ2) is 8.58. The molecule has 4 N–H and O–H groups in total. The summed E-state index contributed by atoms with van der Waals surface area (Å²) in [7, 11) is 1.64. The van der Waals surface area contributed by atoms with Crippen LogP contribution in [0.2, 0.25) is 0 Å². The third kappa shape index (κ3) is 5.74. The first-order valence-electron chi connectivity index (χ1n) is 8.73. The summed E-state index contributed by atoms with van der Waals surface area (Å²) in [5.41, 5.74) is 14.6. The van der Waals surface area contributed by atoms with Gasteiger partial charge in [0, 0.05) is 5.56 Å². The van der Waals surface area contributed by atoms with E-state index in [1.54, 1.807) is 13.3 Å². The molecule has 2 aromatic carbocycles. The van der Waals surface area contributed by atoms with Gasteiger partial charge in [-0.2, -0.15) is 5.10 Å². The molecule has 0 aliphatic heterocycles. The van der Waals surface area contributed by atoms with Crippen LogP contribution < -0.4 is 20.9 Å². The molecule has 0 unspecified atom stereocenters. The molecule has 0 heterocycles. The van der Waals surface area contributed by atoms with E-state index in [1.807, 2.05) is 18.2 Å². The molecule has 0 fully saturated rings. The highest BCUT2D eigenvalue weighted by molar-refractivity contribution is 5.82. The van der Waals surface area contributed by atoms with Gasteiger partial charge in [0.15, 0.2) is 0 Å². The summed E-state index contributed by atoms with van der Waals surface area (Å²) in [6.07, 6.45) is 1.58. The van der Waals surface area contributed by atoms with Gasteiger partial charge in [-0.05, 0) is 53.3 Å². The van der Waals surface area contributed by atoms with Crippen LogP contribution in [-0.4, -0.2) is 19.3 Å². The van der Waals surface area contributed by atoms with E-state index in [4.69, 9.17) is 20.9 Å². The van der Waals surface area contributed by atoms with E-state index in [-0.39, 0.29) is 11.4 Å². The van der Waals surface area contributed by atoms with E-state index in [0.29, 0.717) is 6.61 Å². The summed E-state index contributed by atoms with van der Waals surface area (Å²) in [6, 6.07) is 12.0. The topological polar surface area (TPSA) is 95.2 Å². The van der Waals surface area contributed by atoms with Crippen molar-refractivity contribution in [1.29, 1.82) is 0 Å². The molecule has 144 valence electrons. The molecule has 6 nitrogen and oxygen atoms in total. The van der Waals surface area contributed by atoms with Crippen molar-refractivity contribution in [3.8, 4) is 11.5 Å². The van der Waals surface area contributed by atoms with E-state index in [2.05, 4.69) is 56.1 Å². The fourth-order valence-corrected chi connectivity index (χ4v) is 2.68. The van der Waals surface area contributed by atoms with Crippen molar-refractivity contribution < 1.29 is 9.47 Å². The van der Waals surface area contributed by atoms with Gasteiger partial charge in [-0.25, -0.2) is 0 Å². The molecule has 27 heavy (non-hydrogen) atoms. The van der Waals surface area contributed by atoms with Crippen LogP contribution in [0.25, 0.3) is 0 Å². The number of benzene rings is 2. The number of hydrogen-bond acceptors (Lipinski definition) is 4. The van der Waals surface area contributed by atoms with Crippen molar-refractivity contribution in [2.45, 2.75) is 39.7 Å². The van der Waals surface area contributed by atoms with E-state index in [9.17, 15) is 0 Å². The first-order valence-corrected chi connectivity index (χ1v) is 8.73. The maximum absolute atomic E-state index is 6.18. The predicted molar refractivity (Wildman–Crippen MR) is 111 cm³/mol. The van der Waals surface area contributed by atoms with Crippen molar-refractivity contribution in [2.75, 3.05) is 7.11 Å². The van der Waals surface area contributed by atoms with Crippen LogP contribution in [0.15, 0.2) is 46.6 Å². The smallest absolute Gasteiger partial charge is 0.211 e. The zero-order chi connectivity index (χ0) is 20.0. The number of nitrogens with two attached hydrogens (primary N) is 2. The Morgan fingerprint density at radius 2 is 1.81 bits per heavy atom. The van der Waals surface area contributed by atoms with E-state index in [1.165, 1.54) is 0 Å². The summed E-state index contributed by atoms with van der Waals surface area (Å²) >= 11 is 0. The molecular weight excluding hydrogens is 340 g/mol. The number of rotatable bonds is 6. The highest BCUT2D eigenvalue weighted by atomic mass is 16.5. The van der Waals surface area contributed by atoms with Gasteiger partial charge in [0.1, 0.15) is 18.1 Å². The van der Waals surface area contributed by atoms with Crippen molar-refractivity contribution in [1.82, 2.24) is 0 Å². The maximum Gasteiger partial charge on any atom is 0.211 e. The van der Waals surface area contributed by atoms with Crippen LogP contribution in [0.1, 0.15) is 43.0 Å². The monoisotopic (exact) mass is 368 g/mol. The number of ether oxygens (including phenoxy) is 2. The highest BCUT2D eigenvalue weighted by Gasteiger charge is 2.19. The van der Waals surface area contributed by atoms with Crippen molar-refractivity contribution in [3.63, 3.8) is 0 Å². The third-order valence-corrected chi connectivity index (χ3v) is 4.01. The summed E-state index contributed by atoms with van der Waals surface area (Å²) in [6.45, 7) is 8.95. The van der Waals surface area contributed by atoms with Crippen LogP contribution in [0.5, 0.6) is 11.5 Å². The third-order valence-electron chi connectivity index (χ3n) is 4.01. The van der Waals surface area contributed by atoms with Crippen molar-refractivity contribution in [2.24, 2.45) is 21.7 Å². The lowest BCUT2D eigenvalue weighted by atomic mass is 9.86. The van der Waals surface area contributed by atoms with E-state index >= 15 is 0 Å². The summed E-state index contributed by atoms with van der Waals surface area (Å²) in [5, 5.41) is 7.46. The van der Waals surface area contributed by atoms with Crippen LogP contribution in [-0.2, 0) is 12.0 Å². The highest BCUT2D eigenvalue weighted by Crippen LogP contribution is 2.33. The largest absolute Gasteiger partial charge is 0.496 e. The molecular formula is C21H28N4O2. The number of aryl methyl sites for hydroxylation is 1. The molecule has 6 heteroatoms. The molecule has 0 aliphatic rings. The number of nitrogens with zero attached hydrogens (tertiary/aromatic N) is 2. The van der Waals surface area contributed by atoms with Gasteiger partial charge < -0.3 is 20.9 Å². The molecule has 0 radical (unpaired) electrons. The normalized spacial score (nSPS) is 11.4. The maximum atomic E-state index is 6.18. The van der Waals surface area contributed by atoms with Crippen molar-refractivity contribution >= 4 is 12.2 Å². The fraction of sp³-hybridized carbons (Fsp3) is 0.333. The Balaban J connectivity index is 2.28. The molecule has 2 aromatic rings. The Morgan fingerprint density at radius 1 is 1.07 bits per heavy atom. The number of hydrogen-bond donors (Lipinski definition) is 2. The summed E-state index contributed by atoms with van der Waals surface area (Å²) in [4.78, 5) is 0. The quantitative estimate of drug-likeness (QED) is 0.463. The average Bonchev–Trinajstić information content (AvgIpc) is 2.58. The Morgan fingerprint density at radius 3 is 2.44 bits per heavy atom. The predicted octanol–water partition coefficient (Wildman–Crippen LogP) is 3.49. The lowest BCUT2D eigenvalue weighted by molar-refractivity contribution is 0.289.